The monoisotopic (exact) mass is 166 g/mol. The Labute approximate surface area is 72.5 Å². The molecule has 0 aromatic carbocycles. The molecule has 4 atom stereocenters. The van der Waals surface area contributed by atoms with Gasteiger partial charge >= 0.3 is 0 Å². The molecule has 2 saturated heterocycles. The van der Waals surface area contributed by atoms with Gasteiger partial charge in [0.25, 0.3) is 0 Å². The average Bonchev–Trinajstić information content (AvgIpc) is 2.76. The van der Waals surface area contributed by atoms with Gasteiger partial charge in [-0.1, -0.05) is 6.58 Å². The Morgan fingerprint density at radius 2 is 2.08 bits per heavy atom. The Balaban J connectivity index is 1.88. The second-order valence-corrected chi connectivity index (χ2v) is 4.56. The van der Waals surface area contributed by atoms with Gasteiger partial charge in [-0.05, 0) is 32.3 Å². The fourth-order valence-electron chi connectivity index (χ4n) is 2.53. The molecule has 0 N–H and O–H groups in total. The Kier molecular flexibility index (Phi) is 0.968. The molecule has 1 aliphatic carbocycles. The molecule has 3 fully saturated rings. The quantitative estimate of drug-likeness (QED) is 0.437. The van der Waals surface area contributed by atoms with Crippen LogP contribution in [0.15, 0.2) is 12.2 Å². The molecule has 3 aliphatic rings. The summed E-state index contributed by atoms with van der Waals surface area (Å²) in [6.07, 6.45) is 2.91. The van der Waals surface area contributed by atoms with E-state index in [1.807, 2.05) is 0 Å². The molecule has 12 heavy (non-hydrogen) atoms. The van der Waals surface area contributed by atoms with E-state index in [0.29, 0.717) is 12.2 Å². The van der Waals surface area contributed by atoms with Gasteiger partial charge in [0.2, 0.25) is 0 Å². The van der Waals surface area contributed by atoms with Crippen molar-refractivity contribution in [1.29, 1.82) is 0 Å². The van der Waals surface area contributed by atoms with E-state index in [2.05, 4.69) is 20.4 Å². The Morgan fingerprint density at radius 1 is 1.33 bits per heavy atom. The lowest BCUT2D eigenvalue weighted by molar-refractivity contribution is 0.240. The third-order valence-corrected chi connectivity index (χ3v) is 3.67. The van der Waals surface area contributed by atoms with Gasteiger partial charge < -0.3 is 9.47 Å². The molecule has 66 valence electrons. The van der Waals surface area contributed by atoms with E-state index in [1.165, 1.54) is 5.57 Å². The Bertz CT molecular complexity index is 273. The number of rotatable bonds is 1. The van der Waals surface area contributed by atoms with Crippen LogP contribution >= 0.6 is 0 Å². The molecule has 4 unspecified atom stereocenters. The van der Waals surface area contributed by atoms with Gasteiger partial charge in [0, 0.05) is 0 Å². The van der Waals surface area contributed by atoms with Crippen LogP contribution in [-0.2, 0) is 9.47 Å². The smallest absolute Gasteiger partial charge is 0.121 e. The summed E-state index contributed by atoms with van der Waals surface area (Å²) >= 11 is 0. The minimum atomic E-state index is 0.0146. The molecular formula is C10H14O2. The normalized spacial score (nSPS) is 60.2. The predicted molar refractivity (Wildman–Crippen MR) is 44.9 cm³/mol. The van der Waals surface area contributed by atoms with E-state index in [4.69, 9.17) is 9.47 Å². The van der Waals surface area contributed by atoms with Gasteiger partial charge in [-0.25, -0.2) is 0 Å². The fraction of sp³-hybridized carbons (Fsp3) is 0.800. The van der Waals surface area contributed by atoms with Gasteiger partial charge in [-0.2, -0.15) is 0 Å². The third kappa shape index (κ3) is 0.603. The van der Waals surface area contributed by atoms with Crippen LogP contribution in [-0.4, -0.2) is 23.4 Å². The lowest BCUT2D eigenvalue weighted by Crippen LogP contribution is -2.30. The zero-order chi connectivity index (χ0) is 8.56. The highest BCUT2D eigenvalue weighted by Gasteiger charge is 2.75. The van der Waals surface area contributed by atoms with E-state index < -0.39 is 0 Å². The lowest BCUT2D eigenvalue weighted by atomic mass is 9.80. The highest BCUT2D eigenvalue weighted by molar-refractivity contribution is 5.32. The van der Waals surface area contributed by atoms with Gasteiger partial charge in [-0.3, -0.25) is 0 Å². The van der Waals surface area contributed by atoms with Gasteiger partial charge in [0.05, 0.1) is 5.60 Å². The second kappa shape index (κ2) is 1.64. The predicted octanol–water partition coefficient (Wildman–Crippen LogP) is 1.65. The van der Waals surface area contributed by atoms with Crippen LogP contribution in [0.3, 0.4) is 0 Å². The zero-order valence-electron chi connectivity index (χ0n) is 7.59. The maximum absolute atomic E-state index is 5.72. The van der Waals surface area contributed by atoms with Gasteiger partial charge in [0.1, 0.15) is 17.8 Å². The molecule has 0 aromatic rings. The lowest BCUT2D eigenvalue weighted by Gasteiger charge is -2.18. The number of fused-ring (bicyclic) bond motifs is 3. The summed E-state index contributed by atoms with van der Waals surface area (Å²) in [6.45, 7) is 8.23. The highest BCUT2D eigenvalue weighted by atomic mass is 16.7. The van der Waals surface area contributed by atoms with Crippen LogP contribution in [0.5, 0.6) is 0 Å². The van der Waals surface area contributed by atoms with Crippen molar-refractivity contribution < 1.29 is 9.47 Å². The van der Waals surface area contributed by atoms with Crippen molar-refractivity contribution in [3.05, 3.63) is 12.2 Å². The van der Waals surface area contributed by atoms with Crippen molar-refractivity contribution in [2.75, 3.05) is 0 Å². The van der Waals surface area contributed by atoms with Crippen molar-refractivity contribution in [2.45, 2.75) is 50.1 Å². The molecular weight excluding hydrogens is 152 g/mol. The average molecular weight is 166 g/mol. The molecule has 0 aromatic heterocycles. The number of hydrogen-bond donors (Lipinski definition) is 0. The van der Waals surface area contributed by atoms with Crippen molar-refractivity contribution in [1.82, 2.24) is 0 Å². The molecule has 2 heterocycles. The maximum atomic E-state index is 5.72. The van der Waals surface area contributed by atoms with Crippen molar-refractivity contribution >= 4 is 0 Å². The SMILES string of the molecule is C=C(C)C12CCC3(C)OC3C1O2. The second-order valence-electron chi connectivity index (χ2n) is 4.56. The van der Waals surface area contributed by atoms with Crippen LogP contribution in [0.1, 0.15) is 26.7 Å². The van der Waals surface area contributed by atoms with Gasteiger partial charge in [-0.15, -0.1) is 0 Å². The summed E-state index contributed by atoms with van der Waals surface area (Å²) < 4.78 is 11.3. The Hall–Kier alpha value is -0.340. The molecule has 2 nitrogen and oxygen atoms in total. The zero-order valence-corrected chi connectivity index (χ0v) is 7.59. The van der Waals surface area contributed by atoms with Crippen LogP contribution in [0.4, 0.5) is 0 Å². The molecule has 0 spiro atoms. The minimum absolute atomic E-state index is 0.0146. The first-order valence-corrected chi connectivity index (χ1v) is 4.60. The first-order chi connectivity index (χ1) is 5.58. The van der Waals surface area contributed by atoms with E-state index in [9.17, 15) is 0 Å². The molecule has 0 bridgehead atoms. The fourth-order valence-corrected chi connectivity index (χ4v) is 2.53. The van der Waals surface area contributed by atoms with E-state index in [1.54, 1.807) is 0 Å². The highest BCUT2D eigenvalue weighted by Crippen LogP contribution is 2.62. The maximum Gasteiger partial charge on any atom is 0.121 e. The van der Waals surface area contributed by atoms with Crippen LogP contribution in [0.2, 0.25) is 0 Å². The summed E-state index contributed by atoms with van der Waals surface area (Å²) in [6, 6.07) is 0. The topological polar surface area (TPSA) is 25.1 Å². The summed E-state index contributed by atoms with van der Waals surface area (Å²) in [7, 11) is 0. The first-order valence-electron chi connectivity index (χ1n) is 4.60. The van der Waals surface area contributed by atoms with E-state index in [0.717, 1.165) is 12.8 Å². The van der Waals surface area contributed by atoms with Crippen LogP contribution in [0, 0.1) is 0 Å². The van der Waals surface area contributed by atoms with Crippen molar-refractivity contribution in [3.63, 3.8) is 0 Å². The summed E-state index contributed by atoms with van der Waals surface area (Å²) in [5.74, 6) is 0. The first kappa shape index (κ1) is 7.10. The van der Waals surface area contributed by atoms with Crippen molar-refractivity contribution in [2.24, 2.45) is 0 Å². The van der Waals surface area contributed by atoms with Crippen molar-refractivity contribution in [3.8, 4) is 0 Å². The molecule has 1 saturated carbocycles. The molecule has 0 amide bonds. The summed E-state index contributed by atoms with van der Waals surface area (Å²) in [5, 5.41) is 0. The van der Waals surface area contributed by atoms with Crippen LogP contribution in [0.25, 0.3) is 0 Å². The molecule has 0 radical (unpaired) electrons. The molecule has 2 aliphatic heterocycles. The number of hydrogen-bond acceptors (Lipinski definition) is 2. The summed E-state index contributed by atoms with van der Waals surface area (Å²) in [5.41, 5.74) is 1.34. The standard InChI is InChI=1S/C10H14O2/c1-6(2)10-5-4-9(3)7(11-9)8(10)12-10/h7-8H,1,4-5H2,2-3H3. The molecule has 2 heteroatoms. The van der Waals surface area contributed by atoms with E-state index in [-0.39, 0.29) is 11.2 Å². The third-order valence-electron chi connectivity index (χ3n) is 3.67. The van der Waals surface area contributed by atoms with Gasteiger partial charge in [0.15, 0.2) is 0 Å². The van der Waals surface area contributed by atoms with E-state index >= 15 is 0 Å². The Morgan fingerprint density at radius 3 is 2.75 bits per heavy atom. The largest absolute Gasteiger partial charge is 0.363 e. The minimum Gasteiger partial charge on any atom is -0.363 e. The number of epoxide rings is 2. The van der Waals surface area contributed by atoms with Crippen LogP contribution < -0.4 is 0 Å². The number of ether oxygens (including phenoxy) is 2. The molecule has 3 rings (SSSR count). The summed E-state index contributed by atoms with van der Waals surface area (Å²) in [4.78, 5) is 0.